The van der Waals surface area contributed by atoms with E-state index in [1.807, 2.05) is 66.7 Å². The summed E-state index contributed by atoms with van der Waals surface area (Å²) in [6.45, 7) is 0. The molecule has 0 bridgehead atoms. The Morgan fingerprint density at radius 2 is 0.447 bits per heavy atom. The van der Waals surface area contributed by atoms with Crippen LogP contribution in [0, 0.1) is 5.82 Å². The minimum atomic E-state index is -0.201. The van der Waals surface area contributed by atoms with Crippen LogP contribution in [0.3, 0.4) is 0 Å². The normalized spacial score (nSPS) is 11.1. The smallest absolute Gasteiger partial charge is 0.137 e. The second kappa shape index (κ2) is 34.4. The van der Waals surface area contributed by atoms with Crippen LogP contribution in [0.4, 0.5) is 55.6 Å². The molecule has 5 heteroatoms. The van der Waals surface area contributed by atoms with Crippen LogP contribution in [-0.4, -0.2) is 0 Å². The van der Waals surface area contributed by atoms with Crippen molar-refractivity contribution in [3.05, 3.63) is 503 Å². The summed E-state index contributed by atoms with van der Waals surface area (Å²) >= 11 is 0. The van der Waals surface area contributed by atoms with E-state index >= 15 is 0 Å². The van der Waals surface area contributed by atoms with Gasteiger partial charge in [-0.05, 0) is 268 Å². The molecule has 0 aliphatic heterocycles. The number of nitrogens with zero attached hydrogens (tertiary/aromatic N) is 3. The van der Waals surface area contributed by atoms with Crippen LogP contribution < -0.4 is 14.7 Å². The van der Waals surface area contributed by atoms with E-state index in [2.05, 4.69) is 439 Å². The molecule has 0 radical (unpaired) electrons. The highest BCUT2D eigenvalue weighted by atomic mass is 19.1. The summed E-state index contributed by atoms with van der Waals surface area (Å²) in [5.74, 6) is -0.201. The van der Waals surface area contributed by atoms with Crippen molar-refractivity contribution in [1.82, 2.24) is 0 Å². The van der Waals surface area contributed by atoms with Crippen molar-refractivity contribution in [2.75, 3.05) is 14.7 Å². The zero-order chi connectivity index (χ0) is 82.2. The maximum atomic E-state index is 14.9. The molecule has 0 spiro atoms. The lowest BCUT2D eigenvalue weighted by atomic mass is 9.93. The third kappa shape index (κ3) is 16.0. The first-order chi connectivity index (χ1) is 60.9. The van der Waals surface area contributed by atoms with Crippen molar-refractivity contribution >= 4 is 116 Å². The summed E-state index contributed by atoms with van der Waals surface area (Å²) < 4.78 is 21.4. The molecule has 1 heterocycles. The summed E-state index contributed by atoms with van der Waals surface area (Å²) in [4.78, 5) is 6.87. The van der Waals surface area contributed by atoms with E-state index in [4.69, 9.17) is 4.42 Å². The second-order valence-electron chi connectivity index (χ2n) is 30.9. The van der Waals surface area contributed by atoms with Gasteiger partial charge in [0, 0.05) is 73.3 Å². The lowest BCUT2D eigenvalue weighted by molar-refractivity contribution is 0.633. The molecule has 123 heavy (non-hydrogen) atoms. The fourth-order valence-corrected chi connectivity index (χ4v) is 17.0. The summed E-state index contributed by atoms with van der Waals surface area (Å²) in [7, 11) is 0. The van der Waals surface area contributed by atoms with Crippen molar-refractivity contribution in [3.63, 3.8) is 0 Å². The summed E-state index contributed by atoms with van der Waals surface area (Å²) in [5, 5.41) is 11.6. The van der Waals surface area contributed by atoms with Gasteiger partial charge >= 0.3 is 0 Å². The minimum Gasteiger partial charge on any atom is -0.456 e. The molecular formula is C118H82FN3O. The molecule has 0 atom stereocenters. The highest BCUT2D eigenvalue weighted by molar-refractivity contribution is 6.09. The SMILES string of the molecule is Fc1cc2ccc(-c3ccc(-c4ccc(N(c5ccccc5)c5ccccc5)cc4)cc3)cc2cc1-c1ccccc1.c1ccc(-c2ccc3ccc(-c4ccc(N(c5ccccc5)c5ccccc5)c5ccccc45)cc3c2)cc1.c1ccc(-c2ccc3ccc(-c4ccc5c(c4)oc4cc(N(c6ccccc6)c6ccccc6)ccc45)cc3c2)cc1. The Labute approximate surface area is 716 Å². The van der Waals surface area contributed by atoms with Crippen LogP contribution >= 0.6 is 0 Å². The van der Waals surface area contributed by atoms with Crippen LogP contribution in [-0.2, 0) is 0 Å². The van der Waals surface area contributed by atoms with Gasteiger partial charge in [0.15, 0.2) is 0 Å². The number of fused-ring (bicyclic) bond motifs is 7. The van der Waals surface area contributed by atoms with Crippen molar-refractivity contribution in [1.29, 1.82) is 0 Å². The summed E-state index contributed by atoms with van der Waals surface area (Å²) in [5.41, 5.74) is 27.6. The van der Waals surface area contributed by atoms with Gasteiger partial charge in [-0.1, -0.05) is 334 Å². The topological polar surface area (TPSA) is 22.9 Å². The van der Waals surface area contributed by atoms with Gasteiger partial charge in [-0.2, -0.15) is 0 Å². The molecule has 0 saturated carbocycles. The summed E-state index contributed by atoms with van der Waals surface area (Å²) in [6.07, 6.45) is 0. The number of furan rings is 1. The molecule has 21 aromatic carbocycles. The molecular weight excluding hydrogens is 1490 g/mol. The van der Waals surface area contributed by atoms with E-state index in [0.29, 0.717) is 5.56 Å². The number of hydrogen-bond donors (Lipinski definition) is 0. The monoisotopic (exact) mass is 1580 g/mol. The fraction of sp³-hybridized carbons (Fsp3) is 0. The minimum absolute atomic E-state index is 0.201. The number of hydrogen-bond acceptors (Lipinski definition) is 4. The molecule has 0 aliphatic carbocycles. The summed E-state index contributed by atoms with van der Waals surface area (Å²) in [6, 6.07) is 174. The van der Waals surface area contributed by atoms with Gasteiger partial charge < -0.3 is 19.1 Å². The Hall–Kier alpha value is -16.2. The maximum Gasteiger partial charge on any atom is 0.137 e. The van der Waals surface area contributed by atoms with E-state index in [9.17, 15) is 4.39 Å². The van der Waals surface area contributed by atoms with Crippen LogP contribution in [0.1, 0.15) is 0 Å². The number of benzene rings is 21. The van der Waals surface area contributed by atoms with E-state index in [-0.39, 0.29) is 5.82 Å². The Kier molecular flexibility index (Phi) is 21.1. The molecule has 4 nitrogen and oxygen atoms in total. The fourth-order valence-electron chi connectivity index (χ4n) is 17.0. The number of anilines is 9. The third-order valence-corrected chi connectivity index (χ3v) is 23.2. The highest BCUT2D eigenvalue weighted by Gasteiger charge is 2.21. The molecule has 0 unspecified atom stereocenters. The van der Waals surface area contributed by atoms with Gasteiger partial charge in [0.25, 0.3) is 0 Å². The lowest BCUT2D eigenvalue weighted by Crippen LogP contribution is -2.10. The van der Waals surface area contributed by atoms with Crippen molar-refractivity contribution in [2.45, 2.75) is 0 Å². The van der Waals surface area contributed by atoms with Crippen LogP contribution in [0.15, 0.2) is 502 Å². The van der Waals surface area contributed by atoms with Gasteiger partial charge in [0.05, 0.1) is 5.69 Å². The lowest BCUT2D eigenvalue weighted by Gasteiger charge is -2.27. The van der Waals surface area contributed by atoms with E-state index < -0.39 is 0 Å². The standard InChI is InChI=1S/C40H28FN.C40H27NO.C38H27N/c41-40-28-34-21-20-33(26-35(34)27-39(40)32-10-4-1-5-11-32)31-18-16-29(17-19-31)30-22-24-38(25-23-30)42(36-12-6-2-7-13-36)37-14-8-3-9-15-37;1-4-10-28(11-5-1)30-18-16-29-17-19-31(25-33(29)24-30)32-20-22-37-38-23-21-36(27-40(38)42-39(37)26-32)41(34-12-6-2-7-13-34)35-14-8-3-9-15-35;1-4-12-28(13-5-1)30-22-20-29-21-23-31(27-32(29)26-30)35-24-25-38(37-19-11-10-18-36(35)37)39(33-14-6-2-7-15-33)34-16-8-3-9-17-34/h1-28H;1-27H;1-27H. The second-order valence-corrected chi connectivity index (χ2v) is 30.9. The van der Waals surface area contributed by atoms with Crippen LogP contribution in [0.5, 0.6) is 0 Å². The largest absolute Gasteiger partial charge is 0.456 e. The molecule has 0 saturated heterocycles. The zero-order valence-electron chi connectivity index (χ0n) is 67.5. The molecule has 22 rings (SSSR count). The first-order valence-corrected chi connectivity index (χ1v) is 41.8. The van der Waals surface area contributed by atoms with E-state index in [1.54, 1.807) is 6.07 Å². The molecule has 1 aromatic heterocycles. The van der Waals surface area contributed by atoms with Crippen molar-refractivity contribution < 1.29 is 8.81 Å². The van der Waals surface area contributed by atoms with Gasteiger partial charge in [0.1, 0.15) is 17.0 Å². The molecule has 22 aromatic rings. The predicted molar refractivity (Wildman–Crippen MR) is 519 cm³/mol. The van der Waals surface area contributed by atoms with Crippen molar-refractivity contribution in [2.24, 2.45) is 0 Å². The Morgan fingerprint density at radius 3 is 0.911 bits per heavy atom. The predicted octanol–water partition coefficient (Wildman–Crippen LogP) is 33.8. The first kappa shape index (κ1) is 75.5. The molecule has 0 amide bonds. The average molecular weight is 1580 g/mol. The first-order valence-electron chi connectivity index (χ1n) is 41.8. The van der Waals surface area contributed by atoms with Crippen LogP contribution in [0.2, 0.25) is 0 Å². The Morgan fingerprint density at radius 1 is 0.154 bits per heavy atom. The Balaban J connectivity index is 0.000000117. The molecule has 0 N–H and O–H groups in total. The number of halogens is 1. The molecule has 582 valence electrons. The Bertz CT molecular complexity index is 7330. The van der Waals surface area contributed by atoms with Gasteiger partial charge in [0.2, 0.25) is 0 Å². The molecule has 0 fully saturated rings. The van der Waals surface area contributed by atoms with Gasteiger partial charge in [-0.3, -0.25) is 0 Å². The quantitative estimate of drug-likeness (QED) is 0.0962. The van der Waals surface area contributed by atoms with Gasteiger partial charge in [-0.25, -0.2) is 4.39 Å². The van der Waals surface area contributed by atoms with E-state index in [0.717, 1.165) is 112 Å². The number of para-hydroxylation sites is 6. The zero-order valence-corrected chi connectivity index (χ0v) is 67.5. The van der Waals surface area contributed by atoms with E-state index in [1.165, 1.54) is 76.9 Å². The number of rotatable bonds is 16. The van der Waals surface area contributed by atoms with Crippen molar-refractivity contribution in [3.8, 4) is 77.9 Å². The molecule has 0 aliphatic rings. The van der Waals surface area contributed by atoms with Crippen LogP contribution in [0.25, 0.3) is 143 Å². The maximum absolute atomic E-state index is 14.9. The highest BCUT2D eigenvalue weighted by Crippen LogP contribution is 2.45. The average Bonchev–Trinajstić information content (AvgIpc) is 1.75. The van der Waals surface area contributed by atoms with Gasteiger partial charge in [-0.15, -0.1) is 0 Å². The third-order valence-electron chi connectivity index (χ3n) is 23.2.